The Morgan fingerprint density at radius 1 is 1.17 bits per heavy atom. The van der Waals surface area contributed by atoms with E-state index in [0.29, 0.717) is 0 Å². The third kappa shape index (κ3) is 5.56. The lowest BCUT2D eigenvalue weighted by molar-refractivity contribution is 0.195. The van der Waals surface area contributed by atoms with Crippen molar-refractivity contribution in [3.8, 4) is 0 Å². The van der Waals surface area contributed by atoms with Gasteiger partial charge >= 0.3 is 0 Å². The fourth-order valence-corrected chi connectivity index (χ4v) is 4.51. The van der Waals surface area contributed by atoms with Crippen molar-refractivity contribution in [1.29, 1.82) is 0 Å². The van der Waals surface area contributed by atoms with Crippen LogP contribution in [0.25, 0.3) is 0 Å². The van der Waals surface area contributed by atoms with Crippen molar-refractivity contribution >= 4 is 11.8 Å². The highest BCUT2D eigenvalue weighted by Gasteiger charge is 2.20. The molecule has 2 nitrogen and oxygen atoms in total. The summed E-state index contributed by atoms with van der Waals surface area (Å²) in [6.07, 6.45) is 8.64. The Balaban J connectivity index is 1.54. The molecule has 0 bridgehead atoms. The van der Waals surface area contributed by atoms with Gasteiger partial charge < -0.3 is 5.32 Å². The van der Waals surface area contributed by atoms with Crippen molar-refractivity contribution in [2.24, 2.45) is 0 Å². The van der Waals surface area contributed by atoms with Gasteiger partial charge in [-0.2, -0.15) is 11.8 Å². The Morgan fingerprint density at radius 3 is 2.67 bits per heavy atom. The normalized spacial score (nSPS) is 19.2. The second kappa shape index (κ2) is 8.96. The second-order valence-corrected chi connectivity index (χ2v) is 8.54. The number of benzene rings is 1. The van der Waals surface area contributed by atoms with Crippen LogP contribution >= 0.6 is 11.8 Å². The first kappa shape index (κ1) is 17.9. The monoisotopic (exact) mass is 344 g/mol. The minimum Gasteiger partial charge on any atom is -0.391 e. The molecule has 2 aliphatic rings. The van der Waals surface area contributed by atoms with E-state index in [1.165, 1.54) is 73.4 Å². The van der Waals surface area contributed by atoms with Gasteiger partial charge in [0.1, 0.15) is 0 Å². The molecular formula is C21H32N2S. The highest BCUT2D eigenvalue weighted by molar-refractivity contribution is 7.99. The zero-order valence-electron chi connectivity index (χ0n) is 15.3. The predicted molar refractivity (Wildman–Crippen MR) is 107 cm³/mol. The first-order chi connectivity index (χ1) is 11.7. The van der Waals surface area contributed by atoms with Crippen molar-refractivity contribution in [2.75, 3.05) is 31.1 Å². The molecule has 0 amide bonds. The van der Waals surface area contributed by atoms with Gasteiger partial charge in [-0.05, 0) is 63.3 Å². The molecule has 1 aliphatic carbocycles. The summed E-state index contributed by atoms with van der Waals surface area (Å²) >= 11 is 2.11. The average molecular weight is 345 g/mol. The number of allylic oxidation sites excluding steroid dienone is 1. The quantitative estimate of drug-likeness (QED) is 0.708. The van der Waals surface area contributed by atoms with E-state index in [0.717, 1.165) is 12.6 Å². The standard InChI is InChI=1S/C21H32N2S/c1-17-3-6-20(18(2)15-17)7-8-21(23-11-13-24-14-12-23)9-10-22-16-19-4-5-19/h3,6,15-16,21-22H,4-5,7-14H2,1-2H3. The van der Waals surface area contributed by atoms with E-state index in [1.807, 2.05) is 0 Å². The molecule has 1 saturated carbocycles. The first-order valence-corrected chi connectivity index (χ1v) is 10.7. The van der Waals surface area contributed by atoms with Crippen LogP contribution in [0.5, 0.6) is 0 Å². The van der Waals surface area contributed by atoms with Crippen LogP contribution in [0.3, 0.4) is 0 Å². The molecule has 1 N–H and O–H groups in total. The summed E-state index contributed by atoms with van der Waals surface area (Å²) < 4.78 is 0. The van der Waals surface area contributed by atoms with Gasteiger partial charge in [0.15, 0.2) is 0 Å². The zero-order chi connectivity index (χ0) is 16.8. The van der Waals surface area contributed by atoms with E-state index >= 15 is 0 Å². The molecule has 3 rings (SSSR count). The zero-order valence-corrected chi connectivity index (χ0v) is 16.1. The molecule has 1 unspecified atom stereocenters. The molecule has 0 spiro atoms. The Morgan fingerprint density at radius 2 is 1.96 bits per heavy atom. The van der Waals surface area contributed by atoms with E-state index in [-0.39, 0.29) is 0 Å². The summed E-state index contributed by atoms with van der Waals surface area (Å²) in [5.41, 5.74) is 5.96. The largest absolute Gasteiger partial charge is 0.391 e. The Labute approximate surface area is 152 Å². The van der Waals surface area contributed by atoms with Crippen LogP contribution in [0.2, 0.25) is 0 Å². The maximum absolute atomic E-state index is 3.54. The van der Waals surface area contributed by atoms with Crippen LogP contribution in [0.1, 0.15) is 42.4 Å². The van der Waals surface area contributed by atoms with Crippen LogP contribution in [0.4, 0.5) is 0 Å². The Kier molecular flexibility index (Phi) is 6.67. The molecule has 3 heteroatoms. The summed E-state index contributed by atoms with van der Waals surface area (Å²) in [6, 6.07) is 7.64. The van der Waals surface area contributed by atoms with E-state index in [4.69, 9.17) is 0 Å². The van der Waals surface area contributed by atoms with Crippen molar-refractivity contribution in [2.45, 2.75) is 52.0 Å². The molecule has 0 aromatic heterocycles. The van der Waals surface area contributed by atoms with Gasteiger partial charge in [0, 0.05) is 37.2 Å². The maximum atomic E-state index is 3.54. The average Bonchev–Trinajstić information content (AvgIpc) is 3.41. The lowest BCUT2D eigenvalue weighted by Gasteiger charge is -2.34. The van der Waals surface area contributed by atoms with E-state index < -0.39 is 0 Å². The Hall–Kier alpha value is -0.930. The topological polar surface area (TPSA) is 15.3 Å². The van der Waals surface area contributed by atoms with E-state index in [1.54, 1.807) is 5.57 Å². The van der Waals surface area contributed by atoms with Crippen LogP contribution in [0.15, 0.2) is 30.0 Å². The molecule has 1 aliphatic heterocycles. The molecule has 1 aromatic rings. The van der Waals surface area contributed by atoms with Gasteiger partial charge in [0.25, 0.3) is 0 Å². The highest BCUT2D eigenvalue weighted by atomic mass is 32.2. The molecule has 1 atom stereocenters. The molecule has 24 heavy (non-hydrogen) atoms. The van der Waals surface area contributed by atoms with Crippen molar-refractivity contribution in [1.82, 2.24) is 10.2 Å². The first-order valence-electron chi connectivity index (χ1n) is 9.51. The van der Waals surface area contributed by atoms with E-state index in [9.17, 15) is 0 Å². The van der Waals surface area contributed by atoms with E-state index in [2.05, 4.69) is 60.2 Å². The molecule has 0 radical (unpaired) electrons. The molecule has 1 heterocycles. The third-order valence-electron chi connectivity index (χ3n) is 5.27. The van der Waals surface area contributed by atoms with Gasteiger partial charge in [-0.1, -0.05) is 29.3 Å². The molecule has 1 saturated heterocycles. The van der Waals surface area contributed by atoms with Gasteiger partial charge in [-0.15, -0.1) is 0 Å². The number of nitrogens with one attached hydrogen (secondary N) is 1. The predicted octanol–water partition coefficient (Wildman–Crippen LogP) is 4.31. The third-order valence-corrected chi connectivity index (χ3v) is 6.22. The van der Waals surface area contributed by atoms with Gasteiger partial charge in [-0.3, -0.25) is 4.90 Å². The Bertz CT molecular complexity index is 555. The van der Waals surface area contributed by atoms with Gasteiger partial charge in [-0.25, -0.2) is 0 Å². The van der Waals surface area contributed by atoms with Crippen molar-refractivity contribution in [3.63, 3.8) is 0 Å². The maximum Gasteiger partial charge on any atom is 0.0156 e. The number of rotatable bonds is 8. The second-order valence-electron chi connectivity index (χ2n) is 7.32. The minimum absolute atomic E-state index is 0.719. The number of thioether (sulfide) groups is 1. The molecule has 132 valence electrons. The number of hydrogen-bond acceptors (Lipinski definition) is 3. The fraction of sp³-hybridized carbons (Fsp3) is 0.619. The van der Waals surface area contributed by atoms with Crippen molar-refractivity contribution in [3.05, 3.63) is 46.7 Å². The smallest absolute Gasteiger partial charge is 0.0156 e. The van der Waals surface area contributed by atoms with Crippen LogP contribution in [-0.2, 0) is 6.42 Å². The summed E-state index contributed by atoms with van der Waals surface area (Å²) in [4.78, 5) is 2.74. The fourth-order valence-electron chi connectivity index (χ4n) is 3.58. The minimum atomic E-state index is 0.719. The lowest BCUT2D eigenvalue weighted by Crippen LogP contribution is -2.42. The summed E-state index contributed by atoms with van der Waals surface area (Å²) in [5.74, 6) is 2.61. The number of aryl methyl sites for hydroxylation is 3. The number of nitrogens with zero attached hydrogens (tertiary/aromatic N) is 1. The molecule has 1 aromatic carbocycles. The summed E-state index contributed by atoms with van der Waals surface area (Å²) in [6.45, 7) is 8.10. The van der Waals surface area contributed by atoms with Gasteiger partial charge in [0.05, 0.1) is 0 Å². The number of hydrogen-bond donors (Lipinski definition) is 1. The lowest BCUT2D eigenvalue weighted by atomic mass is 9.97. The molecule has 2 fully saturated rings. The summed E-state index contributed by atoms with van der Waals surface area (Å²) in [7, 11) is 0. The SMILES string of the molecule is Cc1ccc(CCC(CCNC=C2CC2)N2CCSCC2)c(C)c1. The molecular weight excluding hydrogens is 312 g/mol. The summed E-state index contributed by atoms with van der Waals surface area (Å²) in [5, 5.41) is 3.54. The van der Waals surface area contributed by atoms with Crippen LogP contribution in [0, 0.1) is 13.8 Å². The van der Waals surface area contributed by atoms with Gasteiger partial charge in [0.2, 0.25) is 0 Å². The van der Waals surface area contributed by atoms with Crippen molar-refractivity contribution < 1.29 is 0 Å². The highest BCUT2D eigenvalue weighted by Crippen LogP contribution is 2.26. The van der Waals surface area contributed by atoms with Crippen LogP contribution < -0.4 is 5.32 Å². The van der Waals surface area contributed by atoms with Crippen LogP contribution in [-0.4, -0.2) is 42.1 Å².